The van der Waals surface area contributed by atoms with Crippen molar-refractivity contribution in [1.82, 2.24) is 10.2 Å². The molecule has 3 rings (SSSR count). The summed E-state index contributed by atoms with van der Waals surface area (Å²) < 4.78 is 42.5. The van der Waals surface area contributed by atoms with E-state index in [0.29, 0.717) is 16.8 Å². The molecule has 0 saturated carbocycles. The van der Waals surface area contributed by atoms with Gasteiger partial charge in [0.1, 0.15) is 18.4 Å². The summed E-state index contributed by atoms with van der Waals surface area (Å²) in [6, 6.07) is 16.4. The van der Waals surface area contributed by atoms with Gasteiger partial charge in [0.05, 0.1) is 10.6 Å². The number of rotatable bonds is 10. The lowest BCUT2D eigenvalue weighted by Gasteiger charge is -2.33. The summed E-state index contributed by atoms with van der Waals surface area (Å²) in [6.45, 7) is 10.2. The van der Waals surface area contributed by atoms with Crippen molar-refractivity contribution in [3.63, 3.8) is 0 Å². The molecule has 3 aromatic rings. The second-order valence-corrected chi connectivity index (χ2v) is 12.0. The maximum atomic E-state index is 13.9. The number of nitrogens with one attached hydrogen (secondary N) is 1. The molecule has 0 bridgehead atoms. The second-order valence-electron chi connectivity index (χ2n) is 10.1. The van der Waals surface area contributed by atoms with Crippen molar-refractivity contribution in [2.24, 2.45) is 0 Å². The monoisotopic (exact) mass is 553 g/mol. The standard InChI is InChI=1S/C30H36FN3O4S/c1-20(2)32-30(36)24(6)33(18-25-11-13-26(31)14-12-25)29(35)19-34(28-17-22(4)7-10-23(28)5)39(37,38)27-15-8-21(3)9-16-27/h7-17,20,24H,18-19H2,1-6H3,(H,32,36)/t24-/m0/s1. The molecule has 1 atom stereocenters. The first-order valence-electron chi connectivity index (χ1n) is 12.8. The molecule has 3 aromatic carbocycles. The lowest BCUT2D eigenvalue weighted by molar-refractivity contribution is -0.139. The quantitative estimate of drug-likeness (QED) is 0.387. The molecule has 208 valence electrons. The van der Waals surface area contributed by atoms with Crippen LogP contribution in [0.4, 0.5) is 10.1 Å². The SMILES string of the molecule is Cc1ccc(S(=O)(=O)N(CC(=O)N(Cc2ccc(F)cc2)[C@@H](C)C(=O)NC(C)C)c2cc(C)ccc2C)cc1. The van der Waals surface area contributed by atoms with Gasteiger partial charge < -0.3 is 10.2 Å². The fourth-order valence-electron chi connectivity index (χ4n) is 4.11. The van der Waals surface area contributed by atoms with Gasteiger partial charge in [-0.25, -0.2) is 12.8 Å². The van der Waals surface area contributed by atoms with Gasteiger partial charge in [0.2, 0.25) is 11.8 Å². The minimum atomic E-state index is -4.15. The summed E-state index contributed by atoms with van der Waals surface area (Å²) in [4.78, 5) is 28.3. The summed E-state index contributed by atoms with van der Waals surface area (Å²) in [5, 5.41) is 2.81. The molecule has 0 radical (unpaired) electrons. The third-order valence-corrected chi connectivity index (χ3v) is 8.16. The Labute approximate surface area is 230 Å². The number of carbonyl (C=O) groups excluding carboxylic acids is 2. The van der Waals surface area contributed by atoms with Crippen molar-refractivity contribution in [2.75, 3.05) is 10.8 Å². The molecule has 0 aliphatic carbocycles. The summed E-state index contributed by atoms with van der Waals surface area (Å²) in [5.74, 6) is -1.37. The number of sulfonamides is 1. The smallest absolute Gasteiger partial charge is 0.264 e. The number of hydrogen-bond donors (Lipinski definition) is 1. The van der Waals surface area contributed by atoms with Crippen LogP contribution in [0.3, 0.4) is 0 Å². The Balaban J connectivity index is 2.07. The third-order valence-electron chi connectivity index (χ3n) is 6.39. The van der Waals surface area contributed by atoms with E-state index in [2.05, 4.69) is 5.32 Å². The van der Waals surface area contributed by atoms with Crippen molar-refractivity contribution in [3.8, 4) is 0 Å². The van der Waals surface area contributed by atoms with Gasteiger partial charge in [-0.05, 0) is 88.6 Å². The Morgan fingerprint density at radius 1 is 0.872 bits per heavy atom. The van der Waals surface area contributed by atoms with Crippen LogP contribution in [0.1, 0.15) is 43.0 Å². The molecule has 1 N–H and O–H groups in total. The lowest BCUT2D eigenvalue weighted by Crippen LogP contribution is -2.52. The molecule has 0 fully saturated rings. The Kier molecular flexibility index (Phi) is 9.50. The number of hydrogen-bond acceptors (Lipinski definition) is 4. The zero-order chi connectivity index (χ0) is 28.9. The van der Waals surface area contributed by atoms with Crippen LogP contribution < -0.4 is 9.62 Å². The van der Waals surface area contributed by atoms with Crippen LogP contribution in [0.2, 0.25) is 0 Å². The molecule has 0 aliphatic heterocycles. The number of carbonyl (C=O) groups is 2. The fourth-order valence-corrected chi connectivity index (χ4v) is 5.58. The van der Waals surface area contributed by atoms with E-state index in [1.807, 2.05) is 39.8 Å². The lowest BCUT2D eigenvalue weighted by atomic mass is 10.1. The molecule has 2 amide bonds. The molecule has 9 heteroatoms. The normalized spacial score (nSPS) is 12.2. The van der Waals surface area contributed by atoms with E-state index in [1.165, 1.54) is 41.3 Å². The molecule has 0 aromatic heterocycles. The van der Waals surface area contributed by atoms with Crippen LogP contribution in [0.25, 0.3) is 0 Å². The van der Waals surface area contributed by atoms with Gasteiger partial charge >= 0.3 is 0 Å². The summed E-state index contributed by atoms with van der Waals surface area (Å²) in [5.41, 5.74) is 3.40. The van der Waals surface area contributed by atoms with Crippen molar-refractivity contribution in [3.05, 3.63) is 94.8 Å². The van der Waals surface area contributed by atoms with E-state index in [-0.39, 0.29) is 23.4 Å². The van der Waals surface area contributed by atoms with Crippen LogP contribution in [-0.2, 0) is 26.2 Å². The van der Waals surface area contributed by atoms with Gasteiger partial charge in [-0.15, -0.1) is 0 Å². The van der Waals surface area contributed by atoms with Crippen LogP contribution >= 0.6 is 0 Å². The van der Waals surface area contributed by atoms with Crippen LogP contribution in [0.15, 0.2) is 71.6 Å². The Morgan fingerprint density at radius 3 is 2.05 bits per heavy atom. The highest BCUT2D eigenvalue weighted by Crippen LogP contribution is 2.28. The first-order valence-corrected chi connectivity index (χ1v) is 14.2. The average molecular weight is 554 g/mol. The van der Waals surface area contributed by atoms with Crippen LogP contribution in [-0.4, -0.2) is 43.8 Å². The minimum absolute atomic E-state index is 0.00296. The molecular weight excluding hydrogens is 517 g/mol. The Bertz CT molecular complexity index is 1420. The summed E-state index contributed by atoms with van der Waals surface area (Å²) in [7, 11) is -4.15. The molecule has 7 nitrogen and oxygen atoms in total. The first-order chi connectivity index (χ1) is 18.3. The van der Waals surface area contributed by atoms with E-state index < -0.39 is 34.3 Å². The van der Waals surface area contributed by atoms with Crippen molar-refractivity contribution >= 4 is 27.5 Å². The van der Waals surface area contributed by atoms with Gasteiger partial charge in [-0.2, -0.15) is 0 Å². The number of amides is 2. The molecule has 39 heavy (non-hydrogen) atoms. The predicted octanol–water partition coefficient (Wildman–Crippen LogP) is 4.89. The van der Waals surface area contributed by atoms with E-state index >= 15 is 0 Å². The molecule has 0 unspecified atom stereocenters. The molecule has 0 spiro atoms. The van der Waals surface area contributed by atoms with Gasteiger partial charge in [0, 0.05) is 12.6 Å². The molecule has 0 saturated heterocycles. The fraction of sp³-hybridized carbons (Fsp3) is 0.333. The number of halogens is 1. The summed E-state index contributed by atoms with van der Waals surface area (Å²) in [6.07, 6.45) is 0. The van der Waals surface area contributed by atoms with E-state index in [4.69, 9.17) is 0 Å². The second kappa shape index (κ2) is 12.4. The zero-order valence-corrected chi connectivity index (χ0v) is 24.0. The van der Waals surface area contributed by atoms with Crippen molar-refractivity contribution in [1.29, 1.82) is 0 Å². The third kappa shape index (κ3) is 7.44. The summed E-state index contributed by atoms with van der Waals surface area (Å²) >= 11 is 0. The number of benzene rings is 3. The average Bonchev–Trinajstić information content (AvgIpc) is 2.87. The molecule has 0 heterocycles. The Morgan fingerprint density at radius 2 is 1.46 bits per heavy atom. The van der Waals surface area contributed by atoms with Crippen molar-refractivity contribution in [2.45, 2.75) is 65.1 Å². The van der Waals surface area contributed by atoms with Crippen molar-refractivity contribution < 1.29 is 22.4 Å². The molecular formula is C30H36FN3O4S. The van der Waals surface area contributed by atoms with Gasteiger partial charge in [0.15, 0.2) is 0 Å². The van der Waals surface area contributed by atoms with Crippen LogP contribution in [0, 0.1) is 26.6 Å². The highest BCUT2D eigenvalue weighted by molar-refractivity contribution is 7.92. The highest BCUT2D eigenvalue weighted by Gasteiger charge is 2.33. The molecule has 0 aliphatic rings. The predicted molar refractivity (Wildman–Crippen MR) is 151 cm³/mol. The van der Waals surface area contributed by atoms with Gasteiger partial charge in [-0.3, -0.25) is 13.9 Å². The van der Waals surface area contributed by atoms with Gasteiger partial charge in [0.25, 0.3) is 10.0 Å². The Hall–Kier alpha value is -3.72. The zero-order valence-electron chi connectivity index (χ0n) is 23.2. The van der Waals surface area contributed by atoms with E-state index in [9.17, 15) is 22.4 Å². The van der Waals surface area contributed by atoms with Gasteiger partial charge in [-0.1, -0.05) is 42.0 Å². The van der Waals surface area contributed by atoms with E-state index in [0.717, 1.165) is 15.4 Å². The van der Waals surface area contributed by atoms with E-state index in [1.54, 1.807) is 32.0 Å². The minimum Gasteiger partial charge on any atom is -0.352 e. The highest BCUT2D eigenvalue weighted by atomic mass is 32.2. The maximum Gasteiger partial charge on any atom is 0.264 e. The number of aryl methyl sites for hydroxylation is 3. The van der Waals surface area contributed by atoms with Crippen LogP contribution in [0.5, 0.6) is 0 Å². The number of nitrogens with zero attached hydrogens (tertiary/aromatic N) is 2. The maximum absolute atomic E-state index is 13.9. The largest absolute Gasteiger partial charge is 0.352 e. The first kappa shape index (κ1) is 29.8. The topological polar surface area (TPSA) is 86.8 Å². The number of anilines is 1.